The highest BCUT2D eigenvalue weighted by molar-refractivity contribution is 5.94. The average molecular weight is 265 g/mol. The van der Waals surface area contributed by atoms with Crippen molar-refractivity contribution in [1.29, 1.82) is 0 Å². The quantitative estimate of drug-likeness (QED) is 0.832. The highest BCUT2D eigenvalue weighted by atomic mass is 16.6. The van der Waals surface area contributed by atoms with Gasteiger partial charge in [-0.05, 0) is 34.6 Å². The molecule has 0 radical (unpaired) electrons. The molecule has 6 nitrogen and oxygen atoms in total. The summed E-state index contributed by atoms with van der Waals surface area (Å²) in [5, 5.41) is 2.52. The fourth-order valence-electron chi connectivity index (χ4n) is 1.23. The molecular weight excluding hydrogens is 246 g/mol. The van der Waals surface area contributed by atoms with Crippen LogP contribution in [0, 0.1) is 6.92 Å². The summed E-state index contributed by atoms with van der Waals surface area (Å²) >= 11 is 0. The maximum Gasteiger partial charge on any atom is 0.328 e. The number of carbonyl (C=O) groups is 2. The lowest BCUT2D eigenvalue weighted by atomic mass is 10.2. The van der Waals surface area contributed by atoms with E-state index in [1.165, 1.54) is 12.4 Å². The fourth-order valence-corrected chi connectivity index (χ4v) is 1.23. The minimum atomic E-state index is -0.741. The van der Waals surface area contributed by atoms with Gasteiger partial charge in [0.1, 0.15) is 17.3 Å². The van der Waals surface area contributed by atoms with Gasteiger partial charge in [0.2, 0.25) is 0 Å². The van der Waals surface area contributed by atoms with Crippen LogP contribution in [0.1, 0.15) is 43.9 Å². The number of hydrogen-bond acceptors (Lipinski definition) is 5. The molecule has 19 heavy (non-hydrogen) atoms. The number of ether oxygens (including phenoxy) is 1. The lowest BCUT2D eigenvalue weighted by Gasteiger charge is -2.22. The van der Waals surface area contributed by atoms with Crippen LogP contribution in [0.15, 0.2) is 12.4 Å². The molecule has 0 unspecified atom stereocenters. The van der Waals surface area contributed by atoms with E-state index in [4.69, 9.17) is 4.74 Å². The number of esters is 1. The molecule has 1 heterocycles. The van der Waals surface area contributed by atoms with Gasteiger partial charge in [0.05, 0.1) is 11.9 Å². The van der Waals surface area contributed by atoms with E-state index in [0.29, 0.717) is 0 Å². The molecule has 0 aliphatic heterocycles. The predicted octanol–water partition coefficient (Wildman–Crippen LogP) is 1.25. The van der Waals surface area contributed by atoms with Crippen molar-refractivity contribution in [3.05, 3.63) is 23.8 Å². The molecule has 1 aromatic rings. The zero-order valence-corrected chi connectivity index (χ0v) is 11.9. The van der Waals surface area contributed by atoms with Gasteiger partial charge in [0.15, 0.2) is 0 Å². The Morgan fingerprint density at radius 1 is 1.26 bits per heavy atom. The van der Waals surface area contributed by atoms with Gasteiger partial charge in [-0.25, -0.2) is 9.78 Å². The average Bonchev–Trinajstić information content (AvgIpc) is 2.27. The van der Waals surface area contributed by atoms with Gasteiger partial charge < -0.3 is 10.1 Å². The van der Waals surface area contributed by atoms with Crippen LogP contribution in [0.5, 0.6) is 0 Å². The molecule has 1 rings (SSSR count). The predicted molar refractivity (Wildman–Crippen MR) is 69.5 cm³/mol. The second kappa shape index (κ2) is 5.77. The Balaban J connectivity index is 2.61. The van der Waals surface area contributed by atoms with E-state index in [-0.39, 0.29) is 5.69 Å². The van der Waals surface area contributed by atoms with Crippen LogP contribution in [0.2, 0.25) is 0 Å². The van der Waals surface area contributed by atoms with Gasteiger partial charge >= 0.3 is 5.97 Å². The summed E-state index contributed by atoms with van der Waals surface area (Å²) in [5.41, 5.74) is 0.303. The van der Waals surface area contributed by atoms with Gasteiger partial charge in [-0.2, -0.15) is 0 Å². The Labute approximate surface area is 112 Å². The molecule has 0 saturated carbocycles. The Bertz CT molecular complexity index is 463. The zero-order chi connectivity index (χ0) is 14.6. The molecule has 6 heteroatoms. The second-order valence-electron chi connectivity index (χ2n) is 5.27. The van der Waals surface area contributed by atoms with E-state index in [9.17, 15) is 9.59 Å². The summed E-state index contributed by atoms with van der Waals surface area (Å²) < 4.78 is 5.17. The van der Waals surface area contributed by atoms with Crippen LogP contribution < -0.4 is 5.32 Å². The number of aromatic nitrogens is 2. The van der Waals surface area contributed by atoms with Crippen LogP contribution >= 0.6 is 0 Å². The fraction of sp³-hybridized carbons (Fsp3) is 0.538. The number of carbonyl (C=O) groups excluding carboxylic acids is 2. The minimum Gasteiger partial charge on any atom is -0.458 e. The molecule has 104 valence electrons. The van der Waals surface area contributed by atoms with E-state index >= 15 is 0 Å². The van der Waals surface area contributed by atoms with Gasteiger partial charge in [0.25, 0.3) is 5.91 Å². The van der Waals surface area contributed by atoms with Gasteiger partial charge in [-0.1, -0.05) is 0 Å². The molecular formula is C13H19N3O3. The van der Waals surface area contributed by atoms with Gasteiger partial charge in [-0.3, -0.25) is 9.78 Å². The summed E-state index contributed by atoms with van der Waals surface area (Å²) in [5.74, 6) is -0.938. The van der Waals surface area contributed by atoms with Crippen LogP contribution in [0.3, 0.4) is 0 Å². The Morgan fingerprint density at radius 2 is 1.89 bits per heavy atom. The number of rotatable bonds is 3. The molecule has 1 amide bonds. The highest BCUT2D eigenvalue weighted by Gasteiger charge is 2.23. The third-order valence-electron chi connectivity index (χ3n) is 2.12. The largest absolute Gasteiger partial charge is 0.458 e. The lowest BCUT2D eigenvalue weighted by molar-refractivity contribution is -0.156. The first kappa shape index (κ1) is 15.1. The first-order chi connectivity index (χ1) is 8.69. The molecule has 0 aliphatic rings. The number of amides is 1. The summed E-state index contributed by atoms with van der Waals surface area (Å²) in [4.78, 5) is 31.4. The third kappa shape index (κ3) is 5.03. The SMILES string of the molecule is Cc1cnc(C(=O)N[C@H](C)C(=O)OC(C)(C)C)cn1. The van der Waals surface area contributed by atoms with Crippen LogP contribution in [0.4, 0.5) is 0 Å². The van der Waals surface area contributed by atoms with Crippen LogP contribution in [-0.2, 0) is 9.53 Å². The van der Waals surface area contributed by atoms with Crippen molar-refractivity contribution in [3.8, 4) is 0 Å². The zero-order valence-electron chi connectivity index (χ0n) is 11.9. The Kier molecular flexibility index (Phi) is 4.58. The van der Waals surface area contributed by atoms with Crippen LogP contribution in [0.25, 0.3) is 0 Å². The monoisotopic (exact) mass is 265 g/mol. The van der Waals surface area contributed by atoms with E-state index in [1.54, 1.807) is 34.6 Å². The first-order valence-corrected chi connectivity index (χ1v) is 6.01. The van der Waals surface area contributed by atoms with Crippen molar-refractivity contribution < 1.29 is 14.3 Å². The molecule has 0 spiro atoms. The standard InChI is InChI=1S/C13H19N3O3/c1-8-6-15-10(7-14-8)11(17)16-9(2)12(18)19-13(3,4)5/h6-7,9H,1-5H3,(H,16,17)/t9-/m1/s1. The number of nitrogens with zero attached hydrogens (tertiary/aromatic N) is 2. The maximum absolute atomic E-state index is 11.8. The van der Waals surface area contributed by atoms with Crippen molar-refractivity contribution in [2.75, 3.05) is 0 Å². The molecule has 1 aromatic heterocycles. The molecule has 1 N–H and O–H groups in total. The van der Waals surface area contributed by atoms with Crippen molar-refractivity contribution in [2.45, 2.75) is 46.3 Å². The number of nitrogens with one attached hydrogen (secondary N) is 1. The maximum atomic E-state index is 11.8. The van der Waals surface area contributed by atoms with E-state index in [0.717, 1.165) is 5.69 Å². The molecule has 0 saturated heterocycles. The molecule has 0 fully saturated rings. The smallest absolute Gasteiger partial charge is 0.328 e. The van der Waals surface area contributed by atoms with E-state index in [1.807, 2.05) is 0 Å². The van der Waals surface area contributed by atoms with E-state index < -0.39 is 23.5 Å². The first-order valence-electron chi connectivity index (χ1n) is 6.01. The third-order valence-corrected chi connectivity index (χ3v) is 2.12. The minimum absolute atomic E-state index is 0.168. The van der Waals surface area contributed by atoms with Crippen LogP contribution in [-0.4, -0.2) is 33.5 Å². The summed E-state index contributed by atoms with van der Waals surface area (Å²) in [7, 11) is 0. The topological polar surface area (TPSA) is 81.2 Å². The number of hydrogen-bond donors (Lipinski definition) is 1. The van der Waals surface area contributed by atoms with Crippen molar-refractivity contribution in [3.63, 3.8) is 0 Å². The van der Waals surface area contributed by atoms with Crippen molar-refractivity contribution >= 4 is 11.9 Å². The Morgan fingerprint density at radius 3 is 2.37 bits per heavy atom. The summed E-state index contributed by atoms with van der Waals surface area (Å²) in [6.07, 6.45) is 2.86. The van der Waals surface area contributed by atoms with E-state index in [2.05, 4.69) is 15.3 Å². The van der Waals surface area contributed by atoms with Gasteiger partial charge in [-0.15, -0.1) is 0 Å². The Hall–Kier alpha value is -1.98. The molecule has 0 aromatic carbocycles. The molecule has 1 atom stereocenters. The van der Waals surface area contributed by atoms with Gasteiger partial charge in [0, 0.05) is 6.20 Å². The van der Waals surface area contributed by atoms with Crippen molar-refractivity contribution in [2.24, 2.45) is 0 Å². The number of aryl methyl sites for hydroxylation is 1. The molecule has 0 aliphatic carbocycles. The summed E-state index contributed by atoms with van der Waals surface area (Å²) in [6.45, 7) is 8.65. The lowest BCUT2D eigenvalue weighted by Crippen LogP contribution is -2.42. The highest BCUT2D eigenvalue weighted by Crippen LogP contribution is 2.08. The normalized spacial score (nSPS) is 12.7. The molecule has 0 bridgehead atoms. The second-order valence-corrected chi connectivity index (χ2v) is 5.27. The summed E-state index contributed by atoms with van der Waals surface area (Å²) in [6, 6.07) is -0.741. The van der Waals surface area contributed by atoms with Crippen molar-refractivity contribution in [1.82, 2.24) is 15.3 Å².